The van der Waals surface area contributed by atoms with Crippen LogP contribution in [-0.2, 0) is 0 Å². The maximum atomic E-state index is 5.74. The number of nitrogens with two attached hydrogens (primary N) is 1. The molecule has 4 heteroatoms. The van der Waals surface area contributed by atoms with E-state index in [0.29, 0.717) is 5.15 Å². The average Bonchev–Trinajstić information content (AvgIpc) is 2.03. The van der Waals surface area contributed by atoms with Crippen LogP contribution in [0.4, 0.5) is 0 Å². The minimum Gasteiger partial charge on any atom is -0.323 e. The molecular formula is C8H12Cl2N2. The Morgan fingerprint density at radius 2 is 2.25 bits per heavy atom. The van der Waals surface area contributed by atoms with Gasteiger partial charge in [-0.2, -0.15) is 0 Å². The lowest BCUT2D eigenvalue weighted by Gasteiger charge is -2.06. The summed E-state index contributed by atoms with van der Waals surface area (Å²) in [6.07, 6.45) is 0.882. The first-order valence-corrected chi connectivity index (χ1v) is 4.00. The summed E-state index contributed by atoms with van der Waals surface area (Å²) < 4.78 is 0. The second kappa shape index (κ2) is 5.36. The third-order valence-corrected chi connectivity index (χ3v) is 1.77. The molecule has 1 aromatic rings. The van der Waals surface area contributed by atoms with Gasteiger partial charge in [0.1, 0.15) is 5.15 Å². The van der Waals surface area contributed by atoms with Crippen LogP contribution in [0.1, 0.15) is 25.1 Å². The van der Waals surface area contributed by atoms with Gasteiger partial charge in [0.15, 0.2) is 0 Å². The second-order valence-electron chi connectivity index (χ2n) is 2.40. The molecule has 0 saturated carbocycles. The van der Waals surface area contributed by atoms with Crippen LogP contribution >= 0.6 is 24.0 Å². The van der Waals surface area contributed by atoms with Crippen molar-refractivity contribution >= 4 is 24.0 Å². The van der Waals surface area contributed by atoms with E-state index in [1.54, 1.807) is 6.07 Å². The number of rotatable bonds is 2. The Morgan fingerprint density at radius 3 is 2.75 bits per heavy atom. The van der Waals surface area contributed by atoms with Crippen molar-refractivity contribution in [2.24, 2.45) is 5.73 Å². The number of hydrogen-bond acceptors (Lipinski definition) is 2. The van der Waals surface area contributed by atoms with E-state index in [4.69, 9.17) is 17.3 Å². The zero-order valence-corrected chi connectivity index (χ0v) is 8.40. The first-order chi connectivity index (χ1) is 5.24. The van der Waals surface area contributed by atoms with Crippen molar-refractivity contribution in [2.45, 2.75) is 19.4 Å². The van der Waals surface area contributed by atoms with Crippen LogP contribution in [0, 0.1) is 0 Å². The number of pyridine rings is 1. The molecule has 0 aliphatic carbocycles. The molecule has 0 amide bonds. The standard InChI is InChI=1S/C8H11ClN2.ClH/c1-2-6(10)7-4-3-5-8(9)11-7;/h3-6H,2,10H2,1H3;1H/t6-;/m0./s1. The van der Waals surface area contributed by atoms with Gasteiger partial charge in [0, 0.05) is 6.04 Å². The van der Waals surface area contributed by atoms with Gasteiger partial charge in [-0.25, -0.2) is 4.98 Å². The zero-order chi connectivity index (χ0) is 8.27. The average molecular weight is 207 g/mol. The molecule has 0 fully saturated rings. The third kappa shape index (κ3) is 2.97. The Morgan fingerprint density at radius 1 is 1.58 bits per heavy atom. The Balaban J connectivity index is 0.00000121. The van der Waals surface area contributed by atoms with E-state index in [9.17, 15) is 0 Å². The molecule has 68 valence electrons. The molecule has 0 aliphatic heterocycles. The fourth-order valence-corrected chi connectivity index (χ4v) is 1.01. The first kappa shape index (κ1) is 11.7. The normalized spacial score (nSPS) is 11.9. The number of halogens is 2. The Kier molecular flexibility index (Phi) is 5.22. The van der Waals surface area contributed by atoms with Crippen LogP contribution in [0.25, 0.3) is 0 Å². The van der Waals surface area contributed by atoms with Crippen molar-refractivity contribution < 1.29 is 0 Å². The highest BCUT2D eigenvalue weighted by atomic mass is 35.5. The van der Waals surface area contributed by atoms with E-state index >= 15 is 0 Å². The molecular weight excluding hydrogens is 195 g/mol. The van der Waals surface area contributed by atoms with E-state index in [1.807, 2.05) is 19.1 Å². The first-order valence-electron chi connectivity index (χ1n) is 3.62. The van der Waals surface area contributed by atoms with Crippen molar-refractivity contribution in [3.05, 3.63) is 29.0 Å². The molecule has 0 radical (unpaired) electrons. The third-order valence-electron chi connectivity index (χ3n) is 1.56. The molecule has 0 unspecified atom stereocenters. The van der Waals surface area contributed by atoms with Gasteiger partial charge in [-0.1, -0.05) is 24.6 Å². The number of aromatic nitrogens is 1. The zero-order valence-electron chi connectivity index (χ0n) is 6.83. The van der Waals surface area contributed by atoms with Crippen LogP contribution in [0.2, 0.25) is 5.15 Å². The van der Waals surface area contributed by atoms with E-state index in [2.05, 4.69) is 4.98 Å². The summed E-state index contributed by atoms with van der Waals surface area (Å²) in [6.45, 7) is 2.02. The van der Waals surface area contributed by atoms with Crippen LogP contribution < -0.4 is 5.73 Å². The van der Waals surface area contributed by atoms with Gasteiger partial charge in [0.25, 0.3) is 0 Å². The number of hydrogen-bond donors (Lipinski definition) is 1. The highest BCUT2D eigenvalue weighted by Crippen LogP contribution is 2.13. The summed E-state index contributed by atoms with van der Waals surface area (Å²) in [4.78, 5) is 4.08. The highest BCUT2D eigenvalue weighted by Gasteiger charge is 2.03. The minimum atomic E-state index is 0. The lowest BCUT2D eigenvalue weighted by atomic mass is 10.1. The van der Waals surface area contributed by atoms with E-state index in [1.165, 1.54) is 0 Å². The SMILES string of the molecule is CC[C@H](N)c1cccc(Cl)n1.Cl. The van der Waals surface area contributed by atoms with Gasteiger partial charge in [-0.05, 0) is 18.6 Å². The maximum Gasteiger partial charge on any atom is 0.129 e. The minimum absolute atomic E-state index is 0. The van der Waals surface area contributed by atoms with Crippen LogP contribution in [0.5, 0.6) is 0 Å². The number of nitrogens with zero attached hydrogens (tertiary/aromatic N) is 1. The molecule has 0 aromatic carbocycles. The molecule has 0 aliphatic rings. The fraction of sp³-hybridized carbons (Fsp3) is 0.375. The van der Waals surface area contributed by atoms with E-state index in [-0.39, 0.29) is 18.4 Å². The molecule has 0 saturated heterocycles. The van der Waals surface area contributed by atoms with Crippen molar-refractivity contribution in [2.75, 3.05) is 0 Å². The molecule has 12 heavy (non-hydrogen) atoms. The topological polar surface area (TPSA) is 38.9 Å². The van der Waals surface area contributed by atoms with E-state index < -0.39 is 0 Å². The molecule has 0 spiro atoms. The van der Waals surface area contributed by atoms with Gasteiger partial charge in [0.05, 0.1) is 5.69 Å². The van der Waals surface area contributed by atoms with E-state index in [0.717, 1.165) is 12.1 Å². The molecule has 2 nitrogen and oxygen atoms in total. The summed E-state index contributed by atoms with van der Waals surface area (Å²) in [5.41, 5.74) is 6.60. The summed E-state index contributed by atoms with van der Waals surface area (Å²) in [7, 11) is 0. The molecule has 1 rings (SSSR count). The predicted octanol–water partition coefficient (Wildman–Crippen LogP) is 2.57. The van der Waals surface area contributed by atoms with Gasteiger partial charge in [0.2, 0.25) is 0 Å². The summed E-state index contributed by atoms with van der Waals surface area (Å²) in [5.74, 6) is 0. The van der Waals surface area contributed by atoms with Crippen LogP contribution in [-0.4, -0.2) is 4.98 Å². The summed E-state index contributed by atoms with van der Waals surface area (Å²) in [6, 6.07) is 5.50. The highest BCUT2D eigenvalue weighted by molar-refractivity contribution is 6.29. The molecule has 1 heterocycles. The van der Waals surface area contributed by atoms with Crippen molar-refractivity contribution in [1.82, 2.24) is 4.98 Å². The summed E-state index contributed by atoms with van der Waals surface area (Å²) in [5, 5.41) is 0.506. The van der Waals surface area contributed by atoms with Gasteiger partial charge >= 0.3 is 0 Å². The molecule has 1 atom stereocenters. The monoisotopic (exact) mass is 206 g/mol. The van der Waals surface area contributed by atoms with Crippen molar-refractivity contribution in [3.8, 4) is 0 Å². The smallest absolute Gasteiger partial charge is 0.129 e. The van der Waals surface area contributed by atoms with Crippen molar-refractivity contribution in [3.63, 3.8) is 0 Å². The van der Waals surface area contributed by atoms with Gasteiger partial charge in [-0.3, -0.25) is 0 Å². The lowest BCUT2D eigenvalue weighted by Crippen LogP contribution is -2.10. The van der Waals surface area contributed by atoms with Crippen LogP contribution in [0.3, 0.4) is 0 Å². The predicted molar refractivity (Wildman–Crippen MR) is 53.7 cm³/mol. The largest absolute Gasteiger partial charge is 0.323 e. The quantitative estimate of drug-likeness (QED) is 0.757. The van der Waals surface area contributed by atoms with Crippen LogP contribution in [0.15, 0.2) is 18.2 Å². The molecule has 1 aromatic heterocycles. The van der Waals surface area contributed by atoms with Crippen molar-refractivity contribution in [1.29, 1.82) is 0 Å². The second-order valence-corrected chi connectivity index (χ2v) is 2.79. The molecule has 2 N–H and O–H groups in total. The van der Waals surface area contributed by atoms with Gasteiger partial charge in [-0.15, -0.1) is 12.4 Å². The summed E-state index contributed by atoms with van der Waals surface area (Å²) >= 11 is 5.68. The Bertz CT molecular complexity index is 240. The maximum absolute atomic E-state index is 5.74. The lowest BCUT2D eigenvalue weighted by molar-refractivity contribution is 0.676. The Hall–Kier alpha value is -0.310. The fourth-order valence-electron chi connectivity index (χ4n) is 0.840. The van der Waals surface area contributed by atoms with Gasteiger partial charge < -0.3 is 5.73 Å². The Labute approximate surface area is 83.5 Å². The molecule has 0 bridgehead atoms.